The summed E-state index contributed by atoms with van der Waals surface area (Å²) in [6, 6.07) is 73.6. The van der Waals surface area contributed by atoms with Crippen molar-refractivity contribution in [1.82, 2.24) is 89.6 Å². The van der Waals surface area contributed by atoms with Crippen LogP contribution in [-0.4, -0.2) is 121 Å². The van der Waals surface area contributed by atoms with Gasteiger partial charge in [0.15, 0.2) is 0 Å². The van der Waals surface area contributed by atoms with Gasteiger partial charge in [-0.05, 0) is 347 Å². The Balaban J connectivity index is 0.000000117. The van der Waals surface area contributed by atoms with Crippen molar-refractivity contribution in [3.05, 3.63) is 433 Å². The van der Waals surface area contributed by atoms with E-state index in [0.717, 1.165) is 239 Å². The van der Waals surface area contributed by atoms with Crippen LogP contribution in [-0.2, 0) is 19.6 Å². The van der Waals surface area contributed by atoms with Crippen molar-refractivity contribution >= 4 is 72.2 Å². The number of aliphatic hydroxyl groups excluding tert-OH is 1. The van der Waals surface area contributed by atoms with Crippen LogP contribution in [0, 0.1) is 70.6 Å². The van der Waals surface area contributed by atoms with Crippen molar-refractivity contribution in [3.63, 3.8) is 0 Å². The normalized spacial score (nSPS) is 12.7. The van der Waals surface area contributed by atoms with Gasteiger partial charge in [0.2, 0.25) is 0 Å². The summed E-state index contributed by atoms with van der Waals surface area (Å²) in [5.41, 5.74) is 36.3. The van der Waals surface area contributed by atoms with E-state index in [1.54, 1.807) is 164 Å². The standard InChI is InChI=1S/2C26H20FN5.C26H25FN4O.C23H21FN4.C21H16FN3/c1-17-12-20(2-4-23(17)27)26-22(19-3-5-24-25(13-19)30-11-10-29-24)14-21(16-32-26)31-15-18-6-8-28-9-7-18;1-17-11-20(4-6-23(17)27)26-22(19-5-7-24-25(12-19)30-10-9-29-24)13-21(16-32-26)31-15-18-3-2-8-28-14-18;1-16-12-18(6-8-21(16)27)26-20(17-7-9-22-24(13-17)29-11-10-28-22)14-19(15-30-26)31-23-4-2-3-5-25(23)32;1-15-10-18(4-6-20(15)24)23-19(11-16(13-27-23)14-28(2)3)17-5-7-21-22(12-17)26-9-8-25-21;1-13-9-17(15-4-6-19-20(11-15)24-8-7-23-19)21(25-12-13)16-3-5-18(22)14(2)10-16/h2*2-14,16,31H,15H2,1H3;6-15,23,25,31-32H,2-5H2,1H3;4-13H,14H2,1-3H3;3-12H,1-2H3. The number of hydrogen-bond donors (Lipinski definition) is 4. The first-order valence-electron chi connectivity index (χ1n) is 48.7. The number of nitrogens with zero attached hydrogens (tertiary/aromatic N) is 18. The minimum absolute atomic E-state index is 0.0137. The molecule has 0 radical (unpaired) electrons. The van der Waals surface area contributed by atoms with E-state index in [2.05, 4.69) is 116 Å². The predicted octanol–water partition coefficient (Wildman–Crippen LogP) is 27.1. The summed E-state index contributed by atoms with van der Waals surface area (Å²) >= 11 is 0. The Morgan fingerprint density at radius 3 is 0.919 bits per heavy atom. The number of benzene rings is 10. The van der Waals surface area contributed by atoms with E-state index >= 15 is 0 Å². The topological polar surface area (TPSA) is 279 Å². The van der Waals surface area contributed by atoms with Crippen LogP contribution in [0.1, 0.15) is 75.8 Å². The third kappa shape index (κ3) is 24.1. The van der Waals surface area contributed by atoms with Crippen LogP contribution in [0.5, 0.6) is 0 Å². The second kappa shape index (κ2) is 45.9. The van der Waals surface area contributed by atoms with Crippen LogP contribution in [0.25, 0.3) is 167 Å². The fourth-order valence-electron chi connectivity index (χ4n) is 18.0. The molecule has 27 heteroatoms. The largest absolute Gasteiger partial charge is 0.391 e. The van der Waals surface area contributed by atoms with Crippen molar-refractivity contribution in [2.75, 3.05) is 30.0 Å². The number of nitrogens with one attached hydrogen (secondary N) is 3. The summed E-state index contributed by atoms with van der Waals surface area (Å²) in [5, 5.41) is 20.7. The van der Waals surface area contributed by atoms with E-state index in [1.165, 1.54) is 30.3 Å². The molecular weight excluding hydrogens is 1870 g/mol. The van der Waals surface area contributed by atoms with Crippen molar-refractivity contribution in [3.8, 4) is 112 Å². The smallest absolute Gasteiger partial charge is 0.126 e. The van der Waals surface area contributed by atoms with E-state index in [4.69, 9.17) is 19.9 Å². The Morgan fingerprint density at radius 1 is 0.268 bits per heavy atom. The molecule has 1 aliphatic rings. The van der Waals surface area contributed by atoms with Gasteiger partial charge in [0, 0.05) is 174 Å². The maximum atomic E-state index is 13.9. The van der Waals surface area contributed by atoms with Crippen LogP contribution in [0.15, 0.2) is 354 Å². The van der Waals surface area contributed by atoms with E-state index < -0.39 is 0 Å². The van der Waals surface area contributed by atoms with Gasteiger partial charge < -0.3 is 26.0 Å². The first-order valence-corrected chi connectivity index (χ1v) is 48.7. The minimum atomic E-state index is -0.359. The number of aryl methyl sites for hydroxylation is 6. The van der Waals surface area contributed by atoms with Crippen LogP contribution in [0.4, 0.5) is 39.0 Å². The van der Waals surface area contributed by atoms with Gasteiger partial charge in [-0.1, -0.05) is 49.2 Å². The minimum Gasteiger partial charge on any atom is -0.391 e. The highest BCUT2D eigenvalue weighted by Crippen LogP contribution is 2.42. The average molecular weight is 1970 g/mol. The predicted molar refractivity (Wildman–Crippen MR) is 582 cm³/mol. The third-order valence-electron chi connectivity index (χ3n) is 25.7. The number of fused-ring (bicyclic) bond motifs is 5. The van der Waals surface area contributed by atoms with E-state index in [-0.39, 0.29) is 41.2 Å². The lowest BCUT2D eigenvalue weighted by molar-refractivity contribution is 0.116. The lowest BCUT2D eigenvalue weighted by atomic mass is 9.92. The Kier molecular flexibility index (Phi) is 30.7. The summed E-state index contributed by atoms with van der Waals surface area (Å²) in [6.45, 7) is 12.9. The van der Waals surface area contributed by atoms with E-state index in [1.807, 2.05) is 185 Å². The zero-order valence-electron chi connectivity index (χ0n) is 83.0. The SMILES string of the molecule is Cc1cc(-c2ncc(CN(C)C)cc2-c2ccc3nccnc3c2)ccc1F.Cc1cc(-c2ncc(NC3CCCCC3O)cc2-c2ccc3nccnc3c2)ccc1F.Cc1cc(-c2ncc(NCc3cccnc3)cc2-c2ccc3nccnc3c2)ccc1F.Cc1cc(-c2ncc(NCc3ccncc3)cc2-c2ccc3nccnc3c2)ccc1F.Cc1cnc(-c2ccc(F)c(C)c2)c(-c2ccc3nccnc3c2)c1. The molecule has 10 aromatic carbocycles. The molecule has 0 spiro atoms. The van der Waals surface area contributed by atoms with Gasteiger partial charge in [-0.3, -0.25) is 84.7 Å². The molecule has 1 saturated carbocycles. The number of aromatic nitrogens is 17. The molecular formula is C122H102F5N21O. The van der Waals surface area contributed by atoms with Crippen molar-refractivity contribution in [1.29, 1.82) is 0 Å². The molecule has 0 amide bonds. The van der Waals surface area contributed by atoms with Gasteiger partial charge >= 0.3 is 0 Å². The molecule has 12 heterocycles. The summed E-state index contributed by atoms with van der Waals surface area (Å²) in [4.78, 5) is 77.8. The highest BCUT2D eigenvalue weighted by atomic mass is 19.1. The first kappa shape index (κ1) is 99.6. The fraction of sp³-hybridized carbons (Fsp3) is 0.139. The number of hydrogen-bond acceptors (Lipinski definition) is 22. The Hall–Kier alpha value is -18.1. The van der Waals surface area contributed by atoms with Gasteiger partial charge in [0.05, 0.1) is 131 Å². The maximum Gasteiger partial charge on any atom is 0.126 e. The molecule has 2 unspecified atom stereocenters. The van der Waals surface area contributed by atoms with Gasteiger partial charge in [0.1, 0.15) is 29.1 Å². The van der Waals surface area contributed by atoms with E-state index in [0.29, 0.717) is 40.9 Å². The average Bonchev–Trinajstić information content (AvgIpc) is 0.797. The zero-order valence-corrected chi connectivity index (χ0v) is 83.0. The number of pyridine rings is 7. The molecule has 23 rings (SSSR count). The van der Waals surface area contributed by atoms with Crippen LogP contribution < -0.4 is 16.0 Å². The molecule has 4 N–H and O–H groups in total. The van der Waals surface area contributed by atoms with E-state index in [9.17, 15) is 27.1 Å². The second-order valence-electron chi connectivity index (χ2n) is 36.9. The lowest BCUT2D eigenvalue weighted by Crippen LogP contribution is -2.36. The maximum absolute atomic E-state index is 13.9. The summed E-state index contributed by atoms with van der Waals surface area (Å²) in [5.74, 6) is -1.12. The molecule has 0 bridgehead atoms. The number of rotatable bonds is 20. The molecule has 22 nitrogen and oxygen atoms in total. The third-order valence-corrected chi connectivity index (χ3v) is 25.7. The van der Waals surface area contributed by atoms with Gasteiger partial charge in [0.25, 0.3) is 0 Å². The molecule has 1 aliphatic carbocycles. The first-order chi connectivity index (χ1) is 72.5. The number of halogens is 5. The Bertz CT molecular complexity index is 8410. The molecule has 0 saturated heterocycles. The highest BCUT2D eigenvalue weighted by Gasteiger charge is 2.26. The summed E-state index contributed by atoms with van der Waals surface area (Å²) in [6.07, 6.45) is 36.6. The monoisotopic (exact) mass is 1970 g/mol. The molecule has 1 fully saturated rings. The molecule has 12 aromatic heterocycles. The quantitative estimate of drug-likeness (QED) is 0.0516. The van der Waals surface area contributed by atoms with Gasteiger partial charge in [-0.15, -0.1) is 0 Å². The second-order valence-corrected chi connectivity index (χ2v) is 36.9. The fourth-order valence-corrected chi connectivity index (χ4v) is 18.0. The molecule has 0 aliphatic heterocycles. The number of aliphatic hydroxyl groups is 1. The molecule has 149 heavy (non-hydrogen) atoms. The van der Waals surface area contributed by atoms with Crippen molar-refractivity contribution in [2.45, 2.75) is 99.0 Å². The Labute approximate surface area is 858 Å². The van der Waals surface area contributed by atoms with Crippen LogP contribution in [0.2, 0.25) is 0 Å². The van der Waals surface area contributed by atoms with Crippen molar-refractivity contribution < 1.29 is 27.1 Å². The zero-order chi connectivity index (χ0) is 103. The van der Waals surface area contributed by atoms with Crippen molar-refractivity contribution in [2.24, 2.45) is 0 Å². The lowest BCUT2D eigenvalue weighted by Gasteiger charge is -2.29. The number of anilines is 3. The molecule has 2 atom stereocenters. The summed E-state index contributed by atoms with van der Waals surface area (Å²) in [7, 11) is 4.06. The van der Waals surface area contributed by atoms with Gasteiger partial charge in [-0.2, -0.15) is 0 Å². The molecule has 736 valence electrons. The summed E-state index contributed by atoms with van der Waals surface area (Å²) < 4.78 is 69.1. The highest BCUT2D eigenvalue weighted by molar-refractivity contribution is 5.94. The molecule has 22 aromatic rings. The Morgan fingerprint density at radius 2 is 0.577 bits per heavy atom. The van der Waals surface area contributed by atoms with Crippen LogP contribution >= 0.6 is 0 Å². The van der Waals surface area contributed by atoms with Gasteiger partial charge in [-0.25, -0.2) is 22.0 Å². The van der Waals surface area contributed by atoms with Crippen LogP contribution in [0.3, 0.4) is 0 Å².